The van der Waals surface area contributed by atoms with Gasteiger partial charge in [-0.25, -0.2) is 0 Å². The van der Waals surface area contributed by atoms with E-state index in [9.17, 15) is 10.1 Å². The molecule has 3 atom stereocenters. The maximum absolute atomic E-state index is 11.2. The van der Waals surface area contributed by atoms with E-state index >= 15 is 0 Å². The van der Waals surface area contributed by atoms with Crippen molar-refractivity contribution in [3.8, 4) is 0 Å². The second kappa shape index (κ2) is 4.25. The molecule has 0 spiro atoms. The van der Waals surface area contributed by atoms with Crippen LogP contribution in [0, 0.1) is 10.1 Å². The molecule has 90 valence electrons. The highest BCUT2D eigenvalue weighted by Gasteiger charge is 2.35. The van der Waals surface area contributed by atoms with E-state index in [1.807, 2.05) is 6.07 Å². The standard InChI is InChI=1S/C12H15N3O2/c1-7(14-16)11-6-9(15(3)17)4-5-10(11)12-8(2)13-12/h4-8,12-13H,3H2,1-2H3. The fraction of sp³-hybridized carbons (Fsp3) is 0.417. The van der Waals surface area contributed by atoms with Gasteiger partial charge in [-0.15, -0.1) is 0 Å². The number of nitrogens with zero attached hydrogens (tertiary/aromatic N) is 2. The molecule has 0 saturated carbocycles. The molecule has 0 radical (unpaired) electrons. The van der Waals surface area contributed by atoms with Crippen LogP contribution in [0.1, 0.15) is 37.1 Å². The normalized spacial score (nSPS) is 24.1. The Morgan fingerprint density at radius 2 is 2.24 bits per heavy atom. The highest BCUT2D eigenvalue weighted by Crippen LogP contribution is 2.36. The van der Waals surface area contributed by atoms with Crippen molar-refractivity contribution in [1.82, 2.24) is 5.32 Å². The average molecular weight is 233 g/mol. The van der Waals surface area contributed by atoms with Gasteiger partial charge in [0.05, 0.1) is 0 Å². The van der Waals surface area contributed by atoms with Gasteiger partial charge in [0, 0.05) is 24.2 Å². The van der Waals surface area contributed by atoms with Gasteiger partial charge in [-0.2, -0.15) is 9.65 Å². The summed E-state index contributed by atoms with van der Waals surface area (Å²) in [4.78, 5) is 10.7. The van der Waals surface area contributed by atoms with E-state index in [4.69, 9.17) is 0 Å². The maximum atomic E-state index is 11.2. The molecule has 0 bridgehead atoms. The number of hydrogen-bond donors (Lipinski definition) is 1. The fourth-order valence-electron chi connectivity index (χ4n) is 2.01. The summed E-state index contributed by atoms with van der Waals surface area (Å²) in [7, 11) is 0. The first-order chi connectivity index (χ1) is 8.04. The van der Waals surface area contributed by atoms with Gasteiger partial charge >= 0.3 is 0 Å². The molecule has 0 aromatic heterocycles. The molecule has 1 heterocycles. The lowest BCUT2D eigenvalue weighted by molar-refractivity contribution is -0.349. The van der Waals surface area contributed by atoms with Gasteiger partial charge in [-0.05, 0) is 25.0 Å². The molecule has 0 amide bonds. The van der Waals surface area contributed by atoms with Gasteiger partial charge in [-0.1, -0.05) is 11.2 Å². The van der Waals surface area contributed by atoms with Crippen LogP contribution < -0.4 is 5.32 Å². The van der Waals surface area contributed by atoms with Gasteiger partial charge in [0.25, 0.3) is 0 Å². The van der Waals surface area contributed by atoms with Crippen molar-refractivity contribution in [3.05, 3.63) is 39.4 Å². The minimum absolute atomic E-state index is 0.258. The van der Waals surface area contributed by atoms with Crippen molar-refractivity contribution >= 4 is 12.4 Å². The minimum Gasteiger partial charge on any atom is -0.619 e. The van der Waals surface area contributed by atoms with Gasteiger partial charge in [0.1, 0.15) is 12.8 Å². The second-order valence-corrected chi connectivity index (χ2v) is 4.41. The summed E-state index contributed by atoms with van der Waals surface area (Å²) in [6.45, 7) is 7.09. The number of rotatable bonds is 4. The molecule has 1 fully saturated rings. The maximum Gasteiger partial charge on any atom is 0.216 e. The van der Waals surface area contributed by atoms with Gasteiger partial charge < -0.3 is 10.5 Å². The molecular weight excluding hydrogens is 218 g/mol. The highest BCUT2D eigenvalue weighted by molar-refractivity contribution is 5.46. The van der Waals surface area contributed by atoms with Crippen LogP contribution in [0.2, 0.25) is 0 Å². The topological polar surface area (TPSA) is 77.4 Å². The Morgan fingerprint density at radius 3 is 2.71 bits per heavy atom. The zero-order chi connectivity index (χ0) is 12.6. The summed E-state index contributed by atoms with van der Waals surface area (Å²) in [6, 6.07) is 5.47. The first-order valence-corrected chi connectivity index (χ1v) is 5.54. The highest BCUT2D eigenvalue weighted by atomic mass is 16.5. The molecule has 1 saturated heterocycles. The van der Waals surface area contributed by atoms with Gasteiger partial charge in [0.15, 0.2) is 0 Å². The first kappa shape index (κ1) is 11.7. The van der Waals surface area contributed by atoms with E-state index < -0.39 is 6.04 Å². The predicted octanol–water partition coefficient (Wildman–Crippen LogP) is 2.39. The second-order valence-electron chi connectivity index (χ2n) is 4.41. The minimum atomic E-state index is -0.459. The van der Waals surface area contributed by atoms with Crippen molar-refractivity contribution in [2.24, 2.45) is 5.18 Å². The number of nitrogens with one attached hydrogen (secondary N) is 1. The van der Waals surface area contributed by atoms with Crippen LogP contribution in [0.25, 0.3) is 0 Å². The third kappa shape index (κ3) is 2.19. The zero-order valence-corrected chi connectivity index (χ0v) is 9.88. The molecule has 0 aliphatic carbocycles. The van der Waals surface area contributed by atoms with Crippen LogP contribution in [0.15, 0.2) is 23.4 Å². The number of hydrogen-bond acceptors (Lipinski definition) is 4. The van der Waals surface area contributed by atoms with E-state index in [0.717, 1.165) is 11.1 Å². The van der Waals surface area contributed by atoms with E-state index in [-0.39, 0.29) is 6.04 Å². The zero-order valence-electron chi connectivity index (χ0n) is 9.88. The molecule has 1 N–H and O–H groups in total. The average Bonchev–Trinajstić information content (AvgIpc) is 3.04. The molecular formula is C12H15N3O2. The Bertz CT molecular complexity index is 473. The monoisotopic (exact) mass is 233 g/mol. The molecule has 5 heteroatoms. The molecule has 2 rings (SSSR count). The lowest BCUT2D eigenvalue weighted by atomic mass is 9.97. The van der Waals surface area contributed by atoms with Crippen molar-refractivity contribution in [1.29, 1.82) is 0 Å². The SMILES string of the molecule is C=[N+]([O-])c1ccc(C2NC2C)c(C(C)N=O)c1. The van der Waals surface area contributed by atoms with Gasteiger partial charge in [-0.3, -0.25) is 0 Å². The Balaban J connectivity index is 2.44. The van der Waals surface area contributed by atoms with Crippen LogP contribution in [0.5, 0.6) is 0 Å². The summed E-state index contributed by atoms with van der Waals surface area (Å²) >= 11 is 0. The smallest absolute Gasteiger partial charge is 0.216 e. The summed E-state index contributed by atoms with van der Waals surface area (Å²) in [5.41, 5.74) is 2.27. The molecule has 1 aromatic rings. The predicted molar refractivity (Wildman–Crippen MR) is 66.4 cm³/mol. The molecule has 1 aliphatic heterocycles. The Kier molecular flexibility index (Phi) is 2.93. The van der Waals surface area contributed by atoms with E-state index in [0.29, 0.717) is 16.5 Å². The van der Waals surface area contributed by atoms with Gasteiger partial charge in [0.2, 0.25) is 5.69 Å². The van der Waals surface area contributed by atoms with Crippen LogP contribution in [-0.2, 0) is 0 Å². The third-order valence-corrected chi connectivity index (χ3v) is 3.13. The summed E-state index contributed by atoms with van der Waals surface area (Å²) in [5, 5.41) is 17.5. The molecule has 1 aliphatic rings. The van der Waals surface area contributed by atoms with E-state index in [2.05, 4.69) is 24.1 Å². The summed E-state index contributed by atoms with van der Waals surface area (Å²) in [6.07, 6.45) is 0. The quantitative estimate of drug-likeness (QED) is 0.216. The van der Waals surface area contributed by atoms with Crippen molar-refractivity contribution in [3.63, 3.8) is 0 Å². The van der Waals surface area contributed by atoms with Crippen LogP contribution in [0.4, 0.5) is 5.69 Å². The molecule has 1 aromatic carbocycles. The number of benzene rings is 1. The van der Waals surface area contributed by atoms with Crippen molar-refractivity contribution < 1.29 is 4.74 Å². The molecule has 17 heavy (non-hydrogen) atoms. The first-order valence-electron chi connectivity index (χ1n) is 5.54. The molecule has 5 nitrogen and oxygen atoms in total. The number of nitroso groups, excluding NO2 is 1. The Morgan fingerprint density at radius 1 is 1.59 bits per heavy atom. The lowest BCUT2D eigenvalue weighted by Gasteiger charge is -2.11. The van der Waals surface area contributed by atoms with Crippen LogP contribution in [-0.4, -0.2) is 17.5 Å². The van der Waals surface area contributed by atoms with Crippen molar-refractivity contribution in [2.75, 3.05) is 0 Å². The largest absolute Gasteiger partial charge is 0.619 e. The van der Waals surface area contributed by atoms with E-state index in [1.54, 1.807) is 19.1 Å². The fourth-order valence-corrected chi connectivity index (χ4v) is 2.01. The summed E-state index contributed by atoms with van der Waals surface area (Å²) < 4.78 is 0.536. The van der Waals surface area contributed by atoms with Crippen LogP contribution in [0.3, 0.4) is 0 Å². The Hall–Kier alpha value is -1.75. The summed E-state index contributed by atoms with van der Waals surface area (Å²) in [5.74, 6) is 0. The lowest BCUT2D eigenvalue weighted by Crippen LogP contribution is -2.00. The Labute approximate surface area is 99.7 Å². The molecule has 3 unspecified atom stereocenters. The van der Waals surface area contributed by atoms with Crippen LogP contribution >= 0.6 is 0 Å². The van der Waals surface area contributed by atoms with Crippen molar-refractivity contribution in [2.45, 2.75) is 32.0 Å². The van der Waals surface area contributed by atoms with E-state index in [1.165, 1.54) is 0 Å². The third-order valence-electron chi connectivity index (χ3n) is 3.13.